The lowest BCUT2D eigenvalue weighted by atomic mass is 9.95. The summed E-state index contributed by atoms with van der Waals surface area (Å²) in [6.45, 7) is 4.71. The summed E-state index contributed by atoms with van der Waals surface area (Å²) in [5.74, 6) is -0.414. The van der Waals surface area contributed by atoms with Crippen molar-refractivity contribution in [1.29, 1.82) is 0 Å². The molecule has 3 aromatic rings. The largest absolute Gasteiger partial charge is 0.507 e. The number of methoxy groups -OCH3 is 1. The number of benzene rings is 3. The van der Waals surface area contributed by atoms with Gasteiger partial charge in [0.2, 0.25) is 0 Å². The van der Waals surface area contributed by atoms with Crippen LogP contribution in [0.2, 0.25) is 5.02 Å². The van der Waals surface area contributed by atoms with Crippen molar-refractivity contribution in [2.24, 2.45) is 0 Å². The fourth-order valence-electron chi connectivity index (χ4n) is 4.24. The van der Waals surface area contributed by atoms with Gasteiger partial charge in [-0.3, -0.25) is 14.5 Å². The number of halogens is 1. The first-order chi connectivity index (χ1) is 17.9. The second-order valence-electron chi connectivity index (χ2n) is 8.37. The minimum absolute atomic E-state index is 0.0507. The number of carbonyl (C=O) groups is 2. The molecule has 7 nitrogen and oxygen atoms in total. The molecule has 1 fully saturated rings. The molecule has 1 amide bonds. The van der Waals surface area contributed by atoms with Crippen molar-refractivity contribution < 1.29 is 28.9 Å². The van der Waals surface area contributed by atoms with Crippen molar-refractivity contribution in [3.63, 3.8) is 0 Å². The summed E-state index contributed by atoms with van der Waals surface area (Å²) in [5, 5.41) is 11.8. The summed E-state index contributed by atoms with van der Waals surface area (Å²) in [6.07, 6.45) is 0.825. The summed E-state index contributed by atoms with van der Waals surface area (Å²) in [4.78, 5) is 28.2. The van der Waals surface area contributed by atoms with E-state index in [0.29, 0.717) is 52.3 Å². The molecule has 3 aromatic carbocycles. The zero-order valence-corrected chi connectivity index (χ0v) is 21.6. The van der Waals surface area contributed by atoms with Crippen LogP contribution in [-0.4, -0.2) is 37.1 Å². The standard InChI is InChI=1S/C29H28ClNO6/c1-4-14-37-22-11-6-8-18(15-22)26-25(27(32)19-12-13-23(30)24(16-19)36-5-2)28(33)29(34)31(26)20-9-7-10-21(17-20)35-3/h6-13,15-17,26,32H,4-5,14H2,1-3H3/b27-25+. The highest BCUT2D eigenvalue weighted by Gasteiger charge is 2.47. The summed E-state index contributed by atoms with van der Waals surface area (Å²) < 4.78 is 16.7. The van der Waals surface area contributed by atoms with Gasteiger partial charge in [-0.2, -0.15) is 0 Å². The van der Waals surface area contributed by atoms with Crippen molar-refractivity contribution in [2.75, 3.05) is 25.2 Å². The third-order valence-electron chi connectivity index (χ3n) is 5.93. The average Bonchev–Trinajstić information content (AvgIpc) is 3.18. The maximum Gasteiger partial charge on any atom is 0.300 e. The van der Waals surface area contributed by atoms with Gasteiger partial charge >= 0.3 is 0 Å². The van der Waals surface area contributed by atoms with Crippen LogP contribution >= 0.6 is 11.6 Å². The number of aliphatic hydroxyl groups is 1. The Balaban J connectivity index is 1.92. The number of ether oxygens (including phenoxy) is 3. The number of aliphatic hydroxyl groups excluding tert-OH is 1. The number of rotatable bonds is 9. The first-order valence-corrected chi connectivity index (χ1v) is 12.4. The normalized spacial score (nSPS) is 16.6. The molecule has 8 heteroatoms. The molecule has 37 heavy (non-hydrogen) atoms. The zero-order valence-electron chi connectivity index (χ0n) is 20.9. The van der Waals surface area contributed by atoms with Gasteiger partial charge in [-0.15, -0.1) is 0 Å². The Bertz CT molecular complexity index is 1350. The van der Waals surface area contributed by atoms with Crippen LogP contribution in [-0.2, 0) is 9.59 Å². The molecule has 0 aliphatic carbocycles. The Kier molecular flexibility index (Phi) is 8.04. The molecule has 1 aliphatic heterocycles. The molecular formula is C29H28ClNO6. The number of hydrogen-bond donors (Lipinski definition) is 1. The second kappa shape index (κ2) is 11.4. The molecule has 0 bridgehead atoms. The van der Waals surface area contributed by atoms with Crippen LogP contribution < -0.4 is 19.1 Å². The van der Waals surface area contributed by atoms with E-state index >= 15 is 0 Å². The van der Waals surface area contributed by atoms with Crippen LogP contribution in [0.3, 0.4) is 0 Å². The van der Waals surface area contributed by atoms with Crippen LogP contribution in [0.15, 0.2) is 72.3 Å². The molecule has 192 valence electrons. The predicted octanol–water partition coefficient (Wildman–Crippen LogP) is 6.16. The van der Waals surface area contributed by atoms with Gasteiger partial charge in [0, 0.05) is 17.3 Å². The highest BCUT2D eigenvalue weighted by molar-refractivity contribution is 6.51. The van der Waals surface area contributed by atoms with E-state index in [1.807, 2.05) is 19.9 Å². The van der Waals surface area contributed by atoms with Crippen LogP contribution in [0.4, 0.5) is 5.69 Å². The van der Waals surface area contributed by atoms with Gasteiger partial charge in [0.15, 0.2) is 0 Å². The van der Waals surface area contributed by atoms with Gasteiger partial charge in [-0.05, 0) is 61.4 Å². The summed E-state index contributed by atoms with van der Waals surface area (Å²) >= 11 is 6.23. The minimum atomic E-state index is -0.913. The highest BCUT2D eigenvalue weighted by atomic mass is 35.5. The van der Waals surface area contributed by atoms with Gasteiger partial charge < -0.3 is 19.3 Å². The molecule has 4 rings (SSSR count). The van der Waals surface area contributed by atoms with Crippen LogP contribution in [0.5, 0.6) is 17.2 Å². The summed E-state index contributed by atoms with van der Waals surface area (Å²) in [6, 6.07) is 17.8. The molecule has 0 saturated carbocycles. The Labute approximate surface area is 220 Å². The van der Waals surface area contributed by atoms with Gasteiger partial charge in [0.1, 0.15) is 23.0 Å². The Hall–Kier alpha value is -3.97. The van der Waals surface area contributed by atoms with E-state index in [4.69, 9.17) is 25.8 Å². The van der Waals surface area contributed by atoms with E-state index < -0.39 is 17.7 Å². The van der Waals surface area contributed by atoms with E-state index in [0.717, 1.165) is 6.42 Å². The molecule has 0 radical (unpaired) electrons. The van der Waals surface area contributed by atoms with Crippen molar-refractivity contribution in [1.82, 2.24) is 0 Å². The number of amides is 1. The molecule has 1 heterocycles. The van der Waals surface area contributed by atoms with Gasteiger partial charge in [0.25, 0.3) is 11.7 Å². The molecule has 1 unspecified atom stereocenters. The molecule has 0 aromatic heterocycles. The quantitative estimate of drug-likeness (QED) is 0.206. The fourth-order valence-corrected chi connectivity index (χ4v) is 4.41. The molecule has 1 atom stereocenters. The number of carbonyl (C=O) groups excluding carboxylic acids is 2. The van der Waals surface area contributed by atoms with Crippen LogP contribution in [0.25, 0.3) is 5.76 Å². The Morgan fingerprint density at radius 1 is 0.973 bits per heavy atom. The van der Waals surface area contributed by atoms with Gasteiger partial charge in [-0.25, -0.2) is 0 Å². The van der Waals surface area contributed by atoms with Gasteiger partial charge in [0.05, 0.1) is 37.0 Å². The zero-order chi connectivity index (χ0) is 26.5. The Morgan fingerprint density at radius 3 is 2.46 bits per heavy atom. The van der Waals surface area contributed by atoms with Crippen LogP contribution in [0.1, 0.15) is 37.4 Å². The maximum absolute atomic E-state index is 13.4. The second-order valence-corrected chi connectivity index (χ2v) is 8.78. The van der Waals surface area contributed by atoms with E-state index in [2.05, 4.69) is 0 Å². The van der Waals surface area contributed by atoms with Gasteiger partial charge in [-0.1, -0.05) is 36.7 Å². The third-order valence-corrected chi connectivity index (χ3v) is 6.24. The fraction of sp³-hybridized carbons (Fsp3) is 0.241. The number of Topliss-reactive ketones (excluding diaryl/α,β-unsaturated/α-hetero) is 1. The third kappa shape index (κ3) is 5.27. The summed E-state index contributed by atoms with van der Waals surface area (Å²) in [7, 11) is 1.52. The number of anilines is 1. The van der Waals surface area contributed by atoms with Crippen molar-refractivity contribution in [3.05, 3.63) is 88.5 Å². The van der Waals surface area contributed by atoms with E-state index in [-0.39, 0.29) is 11.3 Å². The first kappa shape index (κ1) is 26.1. The SMILES string of the molecule is CCCOc1cccc(C2/C(=C(\O)c3ccc(Cl)c(OCC)c3)C(=O)C(=O)N2c2cccc(OC)c2)c1. The monoisotopic (exact) mass is 521 g/mol. The van der Waals surface area contributed by atoms with E-state index in [1.54, 1.807) is 60.7 Å². The smallest absolute Gasteiger partial charge is 0.300 e. The van der Waals surface area contributed by atoms with E-state index in [9.17, 15) is 14.7 Å². The Morgan fingerprint density at radius 2 is 1.73 bits per heavy atom. The number of ketones is 1. The highest BCUT2D eigenvalue weighted by Crippen LogP contribution is 2.44. The number of hydrogen-bond acceptors (Lipinski definition) is 6. The molecule has 1 saturated heterocycles. The van der Waals surface area contributed by atoms with Crippen molar-refractivity contribution in [2.45, 2.75) is 26.3 Å². The predicted molar refractivity (Wildman–Crippen MR) is 143 cm³/mol. The molecule has 1 N–H and O–H groups in total. The molecular weight excluding hydrogens is 494 g/mol. The minimum Gasteiger partial charge on any atom is -0.507 e. The lowest BCUT2D eigenvalue weighted by molar-refractivity contribution is -0.132. The topological polar surface area (TPSA) is 85.3 Å². The first-order valence-electron chi connectivity index (χ1n) is 12.0. The summed E-state index contributed by atoms with van der Waals surface area (Å²) in [5.41, 5.74) is 1.32. The van der Waals surface area contributed by atoms with E-state index in [1.165, 1.54) is 12.0 Å². The maximum atomic E-state index is 13.4. The lowest BCUT2D eigenvalue weighted by Crippen LogP contribution is -2.29. The number of nitrogens with zero attached hydrogens (tertiary/aromatic N) is 1. The molecule has 1 aliphatic rings. The van der Waals surface area contributed by atoms with Crippen LogP contribution in [0, 0.1) is 0 Å². The van der Waals surface area contributed by atoms with Crippen molar-refractivity contribution in [3.8, 4) is 17.2 Å². The lowest BCUT2D eigenvalue weighted by Gasteiger charge is -2.26. The average molecular weight is 522 g/mol. The molecule has 0 spiro atoms. The van der Waals surface area contributed by atoms with Crippen molar-refractivity contribution >= 4 is 34.7 Å².